The van der Waals surface area contributed by atoms with E-state index in [0.717, 1.165) is 0 Å². The molecule has 0 bridgehead atoms. The molecule has 0 radical (unpaired) electrons. The quantitative estimate of drug-likeness (QED) is 0.786. The number of benzene rings is 1. The molecule has 1 saturated heterocycles. The highest BCUT2D eigenvalue weighted by Gasteiger charge is 2.30. The van der Waals surface area contributed by atoms with E-state index in [2.05, 4.69) is 0 Å². The van der Waals surface area contributed by atoms with Crippen molar-refractivity contribution in [3.8, 4) is 0 Å². The average molecular weight is 306 g/mol. The van der Waals surface area contributed by atoms with Gasteiger partial charge < -0.3 is 9.64 Å². The highest BCUT2D eigenvalue weighted by Crippen LogP contribution is 2.23. The Labute approximate surface area is 121 Å². The second-order valence-corrected chi connectivity index (χ2v) is 5.25. The van der Waals surface area contributed by atoms with Crippen LogP contribution in [-0.2, 0) is 4.74 Å². The summed E-state index contributed by atoms with van der Waals surface area (Å²) in [5.74, 6) is -0.744. The molecule has 0 saturated carbocycles. The molecule has 1 aromatic carbocycles. The Morgan fingerprint density at radius 1 is 1.53 bits per heavy atom. The molecule has 3 nitrogen and oxygen atoms in total. The molecule has 2 atom stereocenters. The molecule has 104 valence electrons. The van der Waals surface area contributed by atoms with Crippen LogP contribution in [0.25, 0.3) is 0 Å². The molecule has 2 rings (SSSR count). The third-order valence-corrected chi connectivity index (χ3v) is 3.62. The monoisotopic (exact) mass is 305 g/mol. The van der Waals surface area contributed by atoms with Crippen LogP contribution >= 0.6 is 23.2 Å². The third kappa shape index (κ3) is 3.19. The summed E-state index contributed by atoms with van der Waals surface area (Å²) in [6, 6.07) is 4.20. The van der Waals surface area contributed by atoms with Crippen molar-refractivity contribution >= 4 is 29.1 Å². The van der Waals surface area contributed by atoms with Gasteiger partial charge in [-0.1, -0.05) is 17.7 Å². The summed E-state index contributed by atoms with van der Waals surface area (Å²) >= 11 is 11.7. The summed E-state index contributed by atoms with van der Waals surface area (Å²) in [5.41, 5.74) is -0.0911. The van der Waals surface area contributed by atoms with Crippen molar-refractivity contribution < 1.29 is 13.9 Å². The first-order valence-corrected chi connectivity index (χ1v) is 6.89. The minimum atomic E-state index is -0.612. The standard InChI is InChI=1S/C13H14Cl2FNO2/c1-8-6-17(7-9(5-14)19-8)13(18)12-10(15)3-2-4-11(12)16/h2-4,8-9H,5-7H2,1H3. The number of halogens is 3. The first-order chi connectivity index (χ1) is 9.02. The molecule has 1 heterocycles. The van der Waals surface area contributed by atoms with Crippen molar-refractivity contribution in [3.63, 3.8) is 0 Å². The summed E-state index contributed by atoms with van der Waals surface area (Å²) in [7, 11) is 0. The number of alkyl halides is 1. The zero-order chi connectivity index (χ0) is 14.0. The second-order valence-electron chi connectivity index (χ2n) is 4.53. The van der Waals surface area contributed by atoms with Crippen molar-refractivity contribution in [2.45, 2.75) is 19.1 Å². The van der Waals surface area contributed by atoms with Crippen molar-refractivity contribution in [1.29, 1.82) is 0 Å². The van der Waals surface area contributed by atoms with Gasteiger partial charge in [0, 0.05) is 13.1 Å². The lowest BCUT2D eigenvalue weighted by Crippen LogP contribution is -2.50. The Morgan fingerprint density at radius 3 is 2.89 bits per heavy atom. The van der Waals surface area contributed by atoms with E-state index >= 15 is 0 Å². The van der Waals surface area contributed by atoms with Crippen LogP contribution in [0.4, 0.5) is 4.39 Å². The number of morpholine rings is 1. The average Bonchev–Trinajstić information content (AvgIpc) is 2.37. The van der Waals surface area contributed by atoms with E-state index < -0.39 is 11.7 Å². The van der Waals surface area contributed by atoms with Crippen LogP contribution in [0, 0.1) is 5.82 Å². The lowest BCUT2D eigenvalue weighted by atomic mass is 10.1. The van der Waals surface area contributed by atoms with E-state index in [9.17, 15) is 9.18 Å². The van der Waals surface area contributed by atoms with Crippen LogP contribution in [0.3, 0.4) is 0 Å². The summed E-state index contributed by atoms with van der Waals surface area (Å²) in [6.07, 6.45) is -0.369. The number of hydrogen-bond donors (Lipinski definition) is 0. The number of nitrogens with zero attached hydrogens (tertiary/aromatic N) is 1. The van der Waals surface area contributed by atoms with Gasteiger partial charge in [0.2, 0.25) is 0 Å². The molecule has 0 aliphatic carbocycles. The molecule has 1 aromatic rings. The van der Waals surface area contributed by atoms with E-state index in [-0.39, 0.29) is 22.8 Å². The van der Waals surface area contributed by atoms with E-state index in [4.69, 9.17) is 27.9 Å². The number of carbonyl (C=O) groups is 1. The minimum Gasteiger partial charge on any atom is -0.370 e. The smallest absolute Gasteiger partial charge is 0.258 e. The van der Waals surface area contributed by atoms with Crippen molar-refractivity contribution in [2.24, 2.45) is 0 Å². The maximum atomic E-state index is 13.7. The fourth-order valence-electron chi connectivity index (χ4n) is 2.16. The molecule has 1 fully saturated rings. The van der Waals surface area contributed by atoms with Crippen molar-refractivity contribution in [1.82, 2.24) is 4.90 Å². The number of rotatable bonds is 2. The van der Waals surface area contributed by atoms with Crippen LogP contribution in [0.5, 0.6) is 0 Å². The van der Waals surface area contributed by atoms with Crippen molar-refractivity contribution in [2.75, 3.05) is 19.0 Å². The van der Waals surface area contributed by atoms with Crippen LogP contribution in [0.2, 0.25) is 5.02 Å². The minimum absolute atomic E-state index is 0.0911. The maximum absolute atomic E-state index is 13.7. The molecule has 1 aliphatic heterocycles. The van der Waals surface area contributed by atoms with Crippen LogP contribution in [-0.4, -0.2) is 42.0 Å². The molecule has 6 heteroatoms. The normalized spacial score (nSPS) is 23.5. The molecule has 19 heavy (non-hydrogen) atoms. The molecule has 2 unspecified atom stereocenters. The van der Waals surface area contributed by atoms with E-state index in [1.807, 2.05) is 6.92 Å². The maximum Gasteiger partial charge on any atom is 0.258 e. The van der Waals surface area contributed by atoms with E-state index in [1.54, 1.807) is 0 Å². The predicted octanol–water partition coefficient (Wildman–Crippen LogP) is 2.95. The summed E-state index contributed by atoms with van der Waals surface area (Å²) in [6.45, 7) is 2.59. The van der Waals surface area contributed by atoms with Crippen molar-refractivity contribution in [3.05, 3.63) is 34.6 Å². The third-order valence-electron chi connectivity index (χ3n) is 2.96. The molecule has 0 aromatic heterocycles. The largest absolute Gasteiger partial charge is 0.370 e. The molecule has 1 amide bonds. The Bertz CT molecular complexity index is 463. The Balaban J connectivity index is 2.24. The lowest BCUT2D eigenvalue weighted by molar-refractivity contribution is -0.0571. The van der Waals surface area contributed by atoms with Gasteiger partial charge in [0.05, 0.1) is 28.7 Å². The van der Waals surface area contributed by atoms with Gasteiger partial charge in [0.1, 0.15) is 5.82 Å². The van der Waals surface area contributed by atoms with Gasteiger partial charge in [-0.2, -0.15) is 0 Å². The highest BCUT2D eigenvalue weighted by atomic mass is 35.5. The lowest BCUT2D eigenvalue weighted by Gasteiger charge is -2.36. The zero-order valence-electron chi connectivity index (χ0n) is 10.4. The summed E-state index contributed by atoms with van der Waals surface area (Å²) in [4.78, 5) is 13.9. The van der Waals surface area contributed by atoms with Gasteiger partial charge in [-0.15, -0.1) is 11.6 Å². The first-order valence-electron chi connectivity index (χ1n) is 5.97. The molecule has 0 spiro atoms. The Morgan fingerprint density at radius 2 is 2.26 bits per heavy atom. The fourth-order valence-corrected chi connectivity index (χ4v) is 2.57. The number of ether oxygens (including phenoxy) is 1. The van der Waals surface area contributed by atoms with Gasteiger partial charge in [-0.05, 0) is 19.1 Å². The van der Waals surface area contributed by atoms with Crippen LogP contribution < -0.4 is 0 Å². The highest BCUT2D eigenvalue weighted by molar-refractivity contribution is 6.33. The van der Waals surface area contributed by atoms with Crippen LogP contribution in [0.1, 0.15) is 17.3 Å². The number of amides is 1. The van der Waals surface area contributed by atoms with Gasteiger partial charge in [-0.3, -0.25) is 4.79 Å². The Hall–Kier alpha value is -0.840. The first kappa shape index (κ1) is 14.6. The van der Waals surface area contributed by atoms with Gasteiger partial charge >= 0.3 is 0 Å². The summed E-state index contributed by atoms with van der Waals surface area (Å²) in [5, 5.41) is 0.117. The predicted molar refractivity (Wildman–Crippen MR) is 72.4 cm³/mol. The molecular weight excluding hydrogens is 292 g/mol. The molecule has 0 N–H and O–H groups in total. The van der Waals surface area contributed by atoms with E-state index in [0.29, 0.717) is 19.0 Å². The summed E-state index contributed by atoms with van der Waals surface area (Å²) < 4.78 is 19.3. The molecular formula is C13H14Cl2FNO2. The van der Waals surface area contributed by atoms with Crippen LogP contribution in [0.15, 0.2) is 18.2 Å². The van der Waals surface area contributed by atoms with E-state index in [1.165, 1.54) is 23.1 Å². The SMILES string of the molecule is CC1CN(C(=O)c2c(F)cccc2Cl)CC(CCl)O1. The van der Waals surface area contributed by atoms with Gasteiger partial charge in [0.15, 0.2) is 0 Å². The zero-order valence-corrected chi connectivity index (χ0v) is 11.9. The Kier molecular flexibility index (Phi) is 4.66. The van der Waals surface area contributed by atoms with Gasteiger partial charge in [-0.25, -0.2) is 4.39 Å². The topological polar surface area (TPSA) is 29.5 Å². The van der Waals surface area contributed by atoms with Gasteiger partial charge in [0.25, 0.3) is 5.91 Å². The second kappa shape index (κ2) is 6.07. The number of carbonyl (C=O) groups excluding carboxylic acids is 1. The number of hydrogen-bond acceptors (Lipinski definition) is 2. The fraction of sp³-hybridized carbons (Fsp3) is 0.462. The molecule has 1 aliphatic rings.